The van der Waals surface area contributed by atoms with Crippen LogP contribution in [0.2, 0.25) is 0 Å². The molecule has 1 aliphatic carbocycles. The summed E-state index contributed by atoms with van der Waals surface area (Å²) in [4.78, 5) is 11.3. The standard InChI is InChI=1S/C11H17N3O2S2/c1-7-13-14-10(18-7)17-6-5-11(2,9(15)16)12-8-3-4-8/h8,12H,3-6H2,1-2H3,(H,15,16). The number of carboxylic acids is 1. The van der Waals surface area contributed by atoms with Crippen LogP contribution in [0.4, 0.5) is 0 Å². The van der Waals surface area contributed by atoms with Crippen LogP contribution in [0.5, 0.6) is 0 Å². The van der Waals surface area contributed by atoms with Gasteiger partial charge in [-0.2, -0.15) is 0 Å². The van der Waals surface area contributed by atoms with Crippen molar-refractivity contribution in [2.45, 2.75) is 49.0 Å². The van der Waals surface area contributed by atoms with Crippen molar-refractivity contribution in [1.82, 2.24) is 15.5 Å². The number of nitrogens with zero attached hydrogens (tertiary/aromatic N) is 2. The molecule has 1 unspecified atom stereocenters. The summed E-state index contributed by atoms with van der Waals surface area (Å²) in [5.74, 6) is -0.0413. The second kappa shape index (κ2) is 5.54. The summed E-state index contributed by atoms with van der Waals surface area (Å²) in [6.45, 7) is 3.68. The molecule has 18 heavy (non-hydrogen) atoms. The van der Waals surface area contributed by atoms with Gasteiger partial charge in [-0.05, 0) is 33.1 Å². The van der Waals surface area contributed by atoms with Gasteiger partial charge in [-0.15, -0.1) is 10.2 Å². The van der Waals surface area contributed by atoms with Crippen LogP contribution in [0.25, 0.3) is 0 Å². The first kappa shape index (κ1) is 13.8. The van der Waals surface area contributed by atoms with E-state index in [1.54, 1.807) is 30.0 Å². The molecule has 5 nitrogen and oxygen atoms in total. The van der Waals surface area contributed by atoms with E-state index in [4.69, 9.17) is 0 Å². The maximum atomic E-state index is 11.3. The van der Waals surface area contributed by atoms with Crippen LogP contribution in [-0.4, -0.2) is 38.6 Å². The first-order valence-corrected chi connectivity index (χ1v) is 7.74. The van der Waals surface area contributed by atoms with E-state index in [1.807, 2.05) is 6.92 Å². The highest BCUT2D eigenvalue weighted by atomic mass is 32.2. The summed E-state index contributed by atoms with van der Waals surface area (Å²) in [6.07, 6.45) is 2.76. The average molecular weight is 287 g/mol. The Hall–Kier alpha value is -0.660. The van der Waals surface area contributed by atoms with E-state index in [1.165, 1.54) is 0 Å². The molecule has 7 heteroatoms. The molecule has 1 aliphatic rings. The summed E-state index contributed by atoms with van der Waals surface area (Å²) in [6, 6.07) is 0.389. The van der Waals surface area contributed by atoms with Crippen LogP contribution in [0.15, 0.2) is 4.34 Å². The van der Waals surface area contributed by atoms with Gasteiger partial charge in [-0.1, -0.05) is 23.1 Å². The zero-order chi connectivity index (χ0) is 13.2. The van der Waals surface area contributed by atoms with Gasteiger partial charge in [0.15, 0.2) is 4.34 Å². The second-order valence-electron chi connectivity index (χ2n) is 4.74. The third-order valence-corrected chi connectivity index (χ3v) is 4.88. The fraction of sp³-hybridized carbons (Fsp3) is 0.727. The first-order valence-electron chi connectivity index (χ1n) is 5.93. The van der Waals surface area contributed by atoms with E-state index in [0.717, 1.165) is 27.9 Å². The van der Waals surface area contributed by atoms with Crippen molar-refractivity contribution >= 4 is 29.1 Å². The van der Waals surface area contributed by atoms with Crippen molar-refractivity contribution in [3.05, 3.63) is 5.01 Å². The molecule has 1 saturated carbocycles. The number of aryl methyl sites for hydroxylation is 1. The fourth-order valence-electron chi connectivity index (χ4n) is 1.60. The number of hydrogen-bond acceptors (Lipinski definition) is 6. The summed E-state index contributed by atoms with van der Waals surface area (Å²) in [5.41, 5.74) is -0.825. The van der Waals surface area contributed by atoms with Gasteiger partial charge < -0.3 is 5.11 Å². The maximum absolute atomic E-state index is 11.3. The van der Waals surface area contributed by atoms with Gasteiger partial charge in [-0.3, -0.25) is 10.1 Å². The molecule has 0 aromatic carbocycles. The molecular weight excluding hydrogens is 270 g/mol. The molecule has 0 spiro atoms. The minimum atomic E-state index is -0.825. The lowest BCUT2D eigenvalue weighted by molar-refractivity contribution is -0.144. The normalized spacial score (nSPS) is 18.6. The Balaban J connectivity index is 1.83. The van der Waals surface area contributed by atoms with E-state index in [-0.39, 0.29) is 0 Å². The molecule has 100 valence electrons. The van der Waals surface area contributed by atoms with Crippen LogP contribution >= 0.6 is 23.1 Å². The van der Waals surface area contributed by atoms with Crippen LogP contribution in [-0.2, 0) is 4.79 Å². The predicted molar refractivity (Wildman–Crippen MR) is 72.2 cm³/mol. The molecule has 1 aromatic rings. The Morgan fingerprint density at radius 2 is 2.33 bits per heavy atom. The highest BCUT2D eigenvalue weighted by molar-refractivity contribution is 8.01. The third kappa shape index (κ3) is 3.66. The van der Waals surface area contributed by atoms with Gasteiger partial charge in [-0.25, -0.2) is 0 Å². The van der Waals surface area contributed by atoms with Crippen molar-refractivity contribution in [3.8, 4) is 0 Å². The van der Waals surface area contributed by atoms with Crippen molar-refractivity contribution < 1.29 is 9.90 Å². The maximum Gasteiger partial charge on any atom is 0.323 e. The number of carbonyl (C=O) groups is 1. The monoisotopic (exact) mass is 287 g/mol. The van der Waals surface area contributed by atoms with Crippen LogP contribution < -0.4 is 5.32 Å². The van der Waals surface area contributed by atoms with Gasteiger partial charge in [0.1, 0.15) is 10.5 Å². The van der Waals surface area contributed by atoms with E-state index in [2.05, 4.69) is 15.5 Å². The molecule has 0 aliphatic heterocycles. The van der Waals surface area contributed by atoms with Gasteiger partial charge >= 0.3 is 5.97 Å². The molecule has 1 fully saturated rings. The Kier molecular flexibility index (Phi) is 4.24. The number of hydrogen-bond donors (Lipinski definition) is 2. The van der Waals surface area contributed by atoms with Gasteiger partial charge in [0.05, 0.1) is 0 Å². The van der Waals surface area contributed by atoms with Gasteiger partial charge in [0, 0.05) is 11.8 Å². The largest absolute Gasteiger partial charge is 0.480 e. The Labute approximate surface area is 114 Å². The molecule has 2 N–H and O–H groups in total. The average Bonchev–Trinajstić information content (AvgIpc) is 3.00. The summed E-state index contributed by atoms with van der Waals surface area (Å²) < 4.78 is 0.909. The lowest BCUT2D eigenvalue weighted by Gasteiger charge is -2.26. The van der Waals surface area contributed by atoms with E-state index in [0.29, 0.717) is 12.5 Å². The van der Waals surface area contributed by atoms with Crippen molar-refractivity contribution in [2.24, 2.45) is 0 Å². The molecule has 0 bridgehead atoms. The zero-order valence-corrected chi connectivity index (χ0v) is 12.1. The number of thioether (sulfide) groups is 1. The Morgan fingerprint density at radius 1 is 1.61 bits per heavy atom. The quantitative estimate of drug-likeness (QED) is 0.746. The van der Waals surface area contributed by atoms with Gasteiger partial charge in [0.2, 0.25) is 0 Å². The Bertz CT molecular complexity index is 434. The van der Waals surface area contributed by atoms with E-state index < -0.39 is 11.5 Å². The smallest absolute Gasteiger partial charge is 0.323 e. The lowest BCUT2D eigenvalue weighted by Crippen LogP contribution is -2.50. The summed E-state index contributed by atoms with van der Waals surface area (Å²) >= 11 is 3.12. The SMILES string of the molecule is Cc1nnc(SCCC(C)(NC2CC2)C(=O)O)s1. The van der Waals surface area contributed by atoms with Crippen LogP contribution in [0.3, 0.4) is 0 Å². The number of aliphatic carboxylic acids is 1. The minimum absolute atomic E-state index is 0.389. The minimum Gasteiger partial charge on any atom is -0.480 e. The van der Waals surface area contributed by atoms with Crippen molar-refractivity contribution in [2.75, 3.05) is 5.75 Å². The molecule has 1 atom stereocenters. The zero-order valence-electron chi connectivity index (χ0n) is 10.5. The topological polar surface area (TPSA) is 75.1 Å². The molecule has 1 heterocycles. The second-order valence-corrected chi connectivity index (χ2v) is 7.27. The van der Waals surface area contributed by atoms with Crippen molar-refractivity contribution in [1.29, 1.82) is 0 Å². The number of carboxylic acid groups (broad SMARTS) is 1. The summed E-state index contributed by atoms with van der Waals surface area (Å²) in [7, 11) is 0. The highest BCUT2D eigenvalue weighted by Crippen LogP contribution is 2.28. The first-order chi connectivity index (χ1) is 8.49. The number of rotatable bonds is 7. The van der Waals surface area contributed by atoms with E-state index in [9.17, 15) is 9.90 Å². The van der Waals surface area contributed by atoms with E-state index >= 15 is 0 Å². The van der Waals surface area contributed by atoms with Gasteiger partial charge in [0.25, 0.3) is 0 Å². The van der Waals surface area contributed by atoms with Crippen LogP contribution in [0, 0.1) is 6.92 Å². The summed E-state index contributed by atoms with van der Waals surface area (Å²) in [5, 5.41) is 21.4. The number of nitrogens with one attached hydrogen (secondary N) is 1. The molecule has 0 saturated heterocycles. The lowest BCUT2D eigenvalue weighted by atomic mass is 9.99. The molecule has 0 radical (unpaired) electrons. The highest BCUT2D eigenvalue weighted by Gasteiger charge is 2.38. The molecular formula is C11H17N3O2S2. The van der Waals surface area contributed by atoms with Crippen molar-refractivity contribution in [3.63, 3.8) is 0 Å². The fourth-order valence-corrected chi connectivity index (χ4v) is 3.65. The molecule has 1 aromatic heterocycles. The van der Waals surface area contributed by atoms with Crippen LogP contribution in [0.1, 0.15) is 31.2 Å². The predicted octanol–water partition coefficient (Wildman–Crippen LogP) is 1.92. The molecule has 0 amide bonds. The number of aromatic nitrogens is 2. The Morgan fingerprint density at radius 3 is 2.83 bits per heavy atom. The third-order valence-electron chi connectivity index (χ3n) is 2.91. The molecule has 2 rings (SSSR count).